The Kier molecular flexibility index (Phi) is 3.97. The maximum absolute atomic E-state index is 14.0. The van der Waals surface area contributed by atoms with Crippen LogP contribution in [-0.4, -0.2) is 10.2 Å². The van der Waals surface area contributed by atoms with E-state index in [9.17, 15) is 8.78 Å². The number of hydrogen-bond donors (Lipinski definition) is 3. The van der Waals surface area contributed by atoms with Crippen molar-refractivity contribution in [3.8, 4) is 0 Å². The Balaban J connectivity index is 1.78. The first-order chi connectivity index (χ1) is 11.0. The topological polar surface area (TPSA) is 52.7 Å². The Hall–Kier alpha value is -2.89. The fourth-order valence-corrected chi connectivity index (χ4v) is 2.22. The van der Waals surface area contributed by atoms with Gasteiger partial charge in [0.25, 0.3) is 0 Å². The average molecular weight is 314 g/mol. The summed E-state index contributed by atoms with van der Waals surface area (Å²) >= 11 is 0. The highest BCUT2D eigenvalue weighted by atomic mass is 19.1. The van der Waals surface area contributed by atoms with Crippen molar-refractivity contribution in [3.63, 3.8) is 0 Å². The van der Waals surface area contributed by atoms with Gasteiger partial charge >= 0.3 is 0 Å². The molecule has 0 fully saturated rings. The van der Waals surface area contributed by atoms with Gasteiger partial charge in [0, 0.05) is 6.07 Å². The fraction of sp³-hybridized carbons (Fsp3) is 0.118. The maximum Gasteiger partial charge on any atom is 0.154 e. The Bertz CT molecular complexity index is 774. The van der Waals surface area contributed by atoms with Gasteiger partial charge in [-0.25, -0.2) is 8.78 Å². The van der Waals surface area contributed by atoms with Gasteiger partial charge in [0.15, 0.2) is 5.82 Å². The number of aromatic nitrogens is 2. The number of nitrogens with zero attached hydrogens (tertiary/aromatic N) is 1. The van der Waals surface area contributed by atoms with Gasteiger partial charge < -0.3 is 10.6 Å². The summed E-state index contributed by atoms with van der Waals surface area (Å²) < 4.78 is 27.9. The van der Waals surface area contributed by atoms with E-state index < -0.39 is 0 Å². The van der Waals surface area contributed by atoms with E-state index in [1.165, 1.54) is 0 Å². The molecule has 23 heavy (non-hydrogen) atoms. The molecule has 0 amide bonds. The van der Waals surface area contributed by atoms with E-state index in [1.807, 2.05) is 0 Å². The first-order valence-electron chi connectivity index (χ1n) is 7.14. The Morgan fingerprint density at radius 3 is 2.04 bits per heavy atom. The van der Waals surface area contributed by atoms with Crippen LogP contribution in [0.25, 0.3) is 0 Å². The molecule has 0 atom stereocenters. The summed E-state index contributed by atoms with van der Waals surface area (Å²) in [4.78, 5) is 0. The van der Waals surface area contributed by atoms with Crippen LogP contribution in [-0.2, 0) is 0 Å². The molecule has 0 bridgehead atoms. The molecule has 1 heterocycles. The molecule has 0 aliphatic carbocycles. The molecule has 0 spiro atoms. The Morgan fingerprint density at radius 1 is 0.870 bits per heavy atom. The zero-order chi connectivity index (χ0) is 16.4. The molecule has 0 aliphatic heterocycles. The third-order valence-corrected chi connectivity index (χ3v) is 3.49. The summed E-state index contributed by atoms with van der Waals surface area (Å²) in [5, 5.41) is 12.6. The number of halogens is 2. The number of aromatic amines is 1. The summed E-state index contributed by atoms with van der Waals surface area (Å²) in [6, 6.07) is 11.8. The van der Waals surface area contributed by atoms with Crippen LogP contribution in [0.1, 0.15) is 11.1 Å². The van der Waals surface area contributed by atoms with Gasteiger partial charge in [0.2, 0.25) is 0 Å². The predicted molar refractivity (Wildman–Crippen MR) is 87.4 cm³/mol. The van der Waals surface area contributed by atoms with Crippen LogP contribution in [0.5, 0.6) is 0 Å². The second-order valence-electron chi connectivity index (χ2n) is 5.29. The fourth-order valence-electron chi connectivity index (χ4n) is 2.22. The third kappa shape index (κ3) is 3.15. The van der Waals surface area contributed by atoms with Crippen molar-refractivity contribution < 1.29 is 8.78 Å². The summed E-state index contributed by atoms with van der Waals surface area (Å²) in [6.45, 7) is 3.39. The van der Waals surface area contributed by atoms with Gasteiger partial charge in [-0.1, -0.05) is 24.3 Å². The highest BCUT2D eigenvalue weighted by molar-refractivity contribution is 5.64. The number of nitrogens with one attached hydrogen (secondary N) is 3. The van der Waals surface area contributed by atoms with Gasteiger partial charge in [0.05, 0.1) is 11.4 Å². The van der Waals surface area contributed by atoms with E-state index in [1.54, 1.807) is 56.3 Å². The lowest BCUT2D eigenvalue weighted by atomic mass is 10.2. The van der Waals surface area contributed by atoms with Crippen molar-refractivity contribution in [1.82, 2.24) is 10.2 Å². The van der Waals surface area contributed by atoms with Crippen molar-refractivity contribution >= 4 is 23.0 Å². The molecule has 0 saturated carbocycles. The SMILES string of the molecule is Cc1cccc(Nc2cc(Nc3cccc(C)c3F)[nH]n2)c1F. The zero-order valence-electron chi connectivity index (χ0n) is 12.7. The monoisotopic (exact) mass is 314 g/mol. The molecule has 0 saturated heterocycles. The number of H-pyrrole nitrogens is 1. The molecule has 0 radical (unpaired) electrons. The number of benzene rings is 2. The van der Waals surface area contributed by atoms with Crippen LogP contribution in [0.3, 0.4) is 0 Å². The van der Waals surface area contributed by atoms with E-state index >= 15 is 0 Å². The van der Waals surface area contributed by atoms with Crippen LogP contribution in [0.4, 0.5) is 31.8 Å². The molecular formula is C17H16F2N4. The normalized spacial score (nSPS) is 10.6. The number of aryl methyl sites for hydroxylation is 2. The predicted octanol–water partition coefficient (Wildman–Crippen LogP) is 4.79. The van der Waals surface area contributed by atoms with Gasteiger partial charge in [-0.2, -0.15) is 5.10 Å². The lowest BCUT2D eigenvalue weighted by Crippen LogP contribution is -1.96. The molecule has 2 aromatic carbocycles. The Morgan fingerprint density at radius 2 is 1.43 bits per heavy atom. The molecule has 3 aromatic rings. The summed E-state index contributed by atoms with van der Waals surface area (Å²) in [6.07, 6.45) is 0. The van der Waals surface area contributed by atoms with Crippen LogP contribution in [0.15, 0.2) is 42.5 Å². The average Bonchev–Trinajstić information content (AvgIpc) is 2.96. The smallest absolute Gasteiger partial charge is 0.154 e. The summed E-state index contributed by atoms with van der Waals surface area (Å²) in [5.41, 5.74) is 1.78. The molecular weight excluding hydrogens is 298 g/mol. The molecule has 3 N–H and O–H groups in total. The van der Waals surface area contributed by atoms with Crippen molar-refractivity contribution in [2.75, 3.05) is 10.6 Å². The highest BCUT2D eigenvalue weighted by Gasteiger charge is 2.09. The summed E-state index contributed by atoms with van der Waals surface area (Å²) in [5.74, 6) is 0.297. The second kappa shape index (κ2) is 6.08. The van der Waals surface area contributed by atoms with Crippen LogP contribution < -0.4 is 10.6 Å². The minimum absolute atomic E-state index is 0.318. The van der Waals surface area contributed by atoms with Crippen molar-refractivity contribution in [2.45, 2.75) is 13.8 Å². The lowest BCUT2D eigenvalue weighted by molar-refractivity contribution is 0.622. The van der Waals surface area contributed by atoms with Crippen molar-refractivity contribution in [2.24, 2.45) is 0 Å². The van der Waals surface area contributed by atoms with E-state index in [4.69, 9.17) is 0 Å². The van der Waals surface area contributed by atoms with E-state index in [-0.39, 0.29) is 11.6 Å². The minimum Gasteiger partial charge on any atom is -0.338 e. The zero-order valence-corrected chi connectivity index (χ0v) is 12.7. The maximum atomic E-state index is 14.0. The molecule has 4 nitrogen and oxygen atoms in total. The lowest BCUT2D eigenvalue weighted by Gasteiger charge is -2.06. The quantitative estimate of drug-likeness (QED) is 0.649. The van der Waals surface area contributed by atoms with Gasteiger partial charge in [0.1, 0.15) is 17.5 Å². The molecule has 6 heteroatoms. The largest absolute Gasteiger partial charge is 0.338 e. The van der Waals surface area contributed by atoms with E-state index in [0.717, 1.165) is 0 Å². The number of rotatable bonds is 4. The van der Waals surface area contributed by atoms with E-state index in [0.29, 0.717) is 34.1 Å². The number of anilines is 4. The molecule has 0 unspecified atom stereocenters. The highest BCUT2D eigenvalue weighted by Crippen LogP contribution is 2.25. The molecule has 1 aromatic heterocycles. The summed E-state index contributed by atoms with van der Waals surface area (Å²) in [7, 11) is 0. The number of hydrogen-bond acceptors (Lipinski definition) is 3. The van der Waals surface area contributed by atoms with Gasteiger partial charge in [-0.3, -0.25) is 5.10 Å². The molecule has 0 aliphatic rings. The van der Waals surface area contributed by atoms with Gasteiger partial charge in [-0.15, -0.1) is 0 Å². The van der Waals surface area contributed by atoms with Crippen molar-refractivity contribution in [3.05, 3.63) is 65.2 Å². The van der Waals surface area contributed by atoms with Crippen LogP contribution >= 0.6 is 0 Å². The first-order valence-corrected chi connectivity index (χ1v) is 7.14. The van der Waals surface area contributed by atoms with Crippen LogP contribution in [0, 0.1) is 25.5 Å². The molecule has 118 valence electrons. The van der Waals surface area contributed by atoms with E-state index in [2.05, 4.69) is 20.8 Å². The molecule has 3 rings (SSSR count). The van der Waals surface area contributed by atoms with Gasteiger partial charge in [-0.05, 0) is 37.1 Å². The Labute approximate surface area is 132 Å². The minimum atomic E-state index is -0.324. The first kappa shape index (κ1) is 15.0. The van der Waals surface area contributed by atoms with Crippen LogP contribution in [0.2, 0.25) is 0 Å². The second-order valence-corrected chi connectivity index (χ2v) is 5.29. The van der Waals surface area contributed by atoms with Crippen molar-refractivity contribution in [1.29, 1.82) is 0 Å². The standard InChI is InChI=1S/C17H16F2N4/c1-10-5-3-7-12(16(10)18)20-14-9-15(23-22-14)21-13-8-4-6-11(2)17(13)19/h3-9H,1-2H3,(H3,20,21,22,23). The third-order valence-electron chi connectivity index (χ3n) is 3.49.